The lowest BCUT2D eigenvalue weighted by molar-refractivity contribution is -0.385. The van der Waals surface area contributed by atoms with E-state index in [1.165, 1.54) is 11.8 Å². The molecule has 1 aliphatic rings. The van der Waals surface area contributed by atoms with E-state index < -0.39 is 4.92 Å². The third kappa shape index (κ3) is 4.14. The lowest BCUT2D eigenvalue weighted by Gasteiger charge is -2.23. The molecule has 0 aliphatic carbocycles. The van der Waals surface area contributed by atoms with Gasteiger partial charge in [0.1, 0.15) is 12.0 Å². The summed E-state index contributed by atoms with van der Waals surface area (Å²) in [7, 11) is 0. The second-order valence-corrected chi connectivity index (χ2v) is 6.41. The Labute approximate surface area is 147 Å². The number of nitrogens with zero attached hydrogens (tertiary/aromatic N) is 6. The largest absolute Gasteiger partial charge is 0.355 e. The van der Waals surface area contributed by atoms with Crippen LogP contribution in [0.1, 0.15) is 24.5 Å². The van der Waals surface area contributed by atoms with Crippen molar-refractivity contribution in [2.75, 3.05) is 31.1 Å². The molecule has 0 N–H and O–H groups in total. The molecule has 0 saturated carbocycles. The van der Waals surface area contributed by atoms with Gasteiger partial charge in [0.2, 0.25) is 0 Å². The highest BCUT2D eigenvalue weighted by molar-refractivity contribution is 5.50. The van der Waals surface area contributed by atoms with Gasteiger partial charge < -0.3 is 4.90 Å². The van der Waals surface area contributed by atoms with E-state index in [2.05, 4.69) is 33.0 Å². The molecule has 0 amide bonds. The molecule has 0 radical (unpaired) electrons. The van der Waals surface area contributed by atoms with Crippen LogP contribution in [0.25, 0.3) is 0 Å². The lowest BCUT2D eigenvalue weighted by Crippen LogP contribution is -2.31. The van der Waals surface area contributed by atoms with Gasteiger partial charge in [-0.1, -0.05) is 0 Å². The van der Waals surface area contributed by atoms with Crippen molar-refractivity contribution in [3.63, 3.8) is 0 Å². The van der Waals surface area contributed by atoms with Gasteiger partial charge in [-0.05, 0) is 25.8 Å². The third-order valence-electron chi connectivity index (χ3n) is 4.55. The van der Waals surface area contributed by atoms with E-state index in [-0.39, 0.29) is 5.69 Å². The molecule has 0 unspecified atom stereocenters. The zero-order valence-corrected chi connectivity index (χ0v) is 14.8. The van der Waals surface area contributed by atoms with Gasteiger partial charge in [-0.2, -0.15) is 5.10 Å². The average molecular weight is 344 g/mol. The van der Waals surface area contributed by atoms with Gasteiger partial charge in [-0.15, -0.1) is 0 Å². The van der Waals surface area contributed by atoms with Gasteiger partial charge >= 0.3 is 0 Å². The summed E-state index contributed by atoms with van der Waals surface area (Å²) in [5.41, 5.74) is 2.14. The molecule has 25 heavy (non-hydrogen) atoms. The summed E-state index contributed by atoms with van der Waals surface area (Å²) >= 11 is 0. The Morgan fingerprint density at radius 2 is 2.08 bits per heavy atom. The van der Waals surface area contributed by atoms with Crippen molar-refractivity contribution in [2.24, 2.45) is 0 Å². The van der Waals surface area contributed by atoms with E-state index in [4.69, 9.17) is 0 Å². The van der Waals surface area contributed by atoms with Crippen LogP contribution < -0.4 is 4.90 Å². The first-order valence-electron chi connectivity index (χ1n) is 8.66. The van der Waals surface area contributed by atoms with Gasteiger partial charge in [-0.3, -0.25) is 19.7 Å². The number of nitro groups is 1. The minimum atomic E-state index is -0.398. The highest BCUT2D eigenvalue weighted by Gasteiger charge is 2.19. The Bertz CT molecular complexity index is 744. The summed E-state index contributed by atoms with van der Waals surface area (Å²) in [6, 6.07) is 1.60. The highest BCUT2D eigenvalue weighted by atomic mass is 16.6. The quantitative estimate of drug-likeness (QED) is 0.611. The van der Waals surface area contributed by atoms with Crippen LogP contribution in [0.15, 0.2) is 24.7 Å². The molecule has 1 saturated heterocycles. The number of rotatable bonds is 5. The number of aromatic nitrogens is 3. The number of aryl methyl sites for hydroxylation is 2. The first kappa shape index (κ1) is 17.3. The van der Waals surface area contributed by atoms with Crippen molar-refractivity contribution in [1.29, 1.82) is 0 Å². The molecular weight excluding hydrogens is 320 g/mol. The number of hydrogen-bond donors (Lipinski definition) is 0. The lowest BCUT2D eigenvalue weighted by atomic mass is 10.2. The summed E-state index contributed by atoms with van der Waals surface area (Å²) in [5.74, 6) is 0.853. The molecule has 1 fully saturated rings. The Morgan fingerprint density at radius 3 is 2.76 bits per heavy atom. The first-order chi connectivity index (χ1) is 12.1. The molecule has 0 aromatic carbocycles. The molecule has 134 valence electrons. The maximum absolute atomic E-state index is 10.9. The van der Waals surface area contributed by atoms with Gasteiger partial charge in [0.05, 0.1) is 11.1 Å². The van der Waals surface area contributed by atoms with Crippen molar-refractivity contribution >= 4 is 11.5 Å². The van der Waals surface area contributed by atoms with E-state index >= 15 is 0 Å². The summed E-state index contributed by atoms with van der Waals surface area (Å²) in [5, 5.41) is 15.2. The third-order valence-corrected chi connectivity index (χ3v) is 4.55. The zero-order valence-electron chi connectivity index (χ0n) is 14.8. The van der Waals surface area contributed by atoms with Crippen LogP contribution >= 0.6 is 0 Å². The summed E-state index contributed by atoms with van der Waals surface area (Å²) in [6.45, 7) is 9.51. The minimum Gasteiger partial charge on any atom is -0.355 e. The zero-order chi connectivity index (χ0) is 17.8. The molecule has 2 aromatic rings. The van der Waals surface area contributed by atoms with Crippen LogP contribution in [-0.2, 0) is 13.1 Å². The van der Waals surface area contributed by atoms with Crippen LogP contribution in [-0.4, -0.2) is 50.8 Å². The molecule has 0 bridgehead atoms. The number of pyridine rings is 1. The van der Waals surface area contributed by atoms with Gasteiger partial charge in [-0.25, -0.2) is 4.98 Å². The van der Waals surface area contributed by atoms with E-state index in [0.717, 1.165) is 57.1 Å². The fraction of sp³-hybridized carbons (Fsp3) is 0.529. The van der Waals surface area contributed by atoms with Crippen LogP contribution in [0.3, 0.4) is 0 Å². The molecule has 2 aromatic heterocycles. The van der Waals surface area contributed by atoms with E-state index in [0.29, 0.717) is 0 Å². The maximum Gasteiger partial charge on any atom is 0.287 e. The van der Waals surface area contributed by atoms with Crippen LogP contribution in [0, 0.1) is 17.0 Å². The Kier molecular flexibility index (Phi) is 5.28. The fourth-order valence-electron chi connectivity index (χ4n) is 3.24. The second kappa shape index (κ2) is 7.60. The Morgan fingerprint density at radius 1 is 1.24 bits per heavy atom. The van der Waals surface area contributed by atoms with E-state index in [1.807, 2.05) is 17.8 Å². The molecule has 3 rings (SSSR count). The van der Waals surface area contributed by atoms with Crippen molar-refractivity contribution in [1.82, 2.24) is 19.7 Å². The number of hydrogen-bond acceptors (Lipinski definition) is 6. The Hall–Kier alpha value is -2.48. The van der Waals surface area contributed by atoms with Crippen LogP contribution in [0.4, 0.5) is 11.5 Å². The normalized spacial score (nSPS) is 16.0. The summed E-state index contributed by atoms with van der Waals surface area (Å²) in [6.07, 6.45) is 6.43. The van der Waals surface area contributed by atoms with Gasteiger partial charge in [0.15, 0.2) is 0 Å². The smallest absolute Gasteiger partial charge is 0.287 e. The predicted octanol–water partition coefficient (Wildman–Crippen LogP) is 2.23. The van der Waals surface area contributed by atoms with E-state index in [9.17, 15) is 10.1 Å². The Balaban J connectivity index is 1.64. The maximum atomic E-state index is 10.9. The van der Waals surface area contributed by atoms with E-state index in [1.54, 1.807) is 6.07 Å². The summed E-state index contributed by atoms with van der Waals surface area (Å²) in [4.78, 5) is 19.5. The monoisotopic (exact) mass is 344 g/mol. The van der Waals surface area contributed by atoms with Crippen molar-refractivity contribution in [2.45, 2.75) is 33.4 Å². The average Bonchev–Trinajstić information content (AvgIpc) is 2.92. The standard InChI is InChI=1S/C17H24N6O2/c1-3-22-13-15(10-19-22)12-20-5-4-6-21(8-7-20)17-14(2)9-16(11-18-17)23(24)25/h9-11,13H,3-8,12H2,1-2H3. The van der Waals surface area contributed by atoms with Crippen LogP contribution in [0.2, 0.25) is 0 Å². The molecule has 3 heterocycles. The number of anilines is 1. The molecule has 1 aliphatic heterocycles. The second-order valence-electron chi connectivity index (χ2n) is 6.41. The van der Waals surface area contributed by atoms with Crippen LogP contribution in [0.5, 0.6) is 0 Å². The molecule has 0 atom stereocenters. The summed E-state index contributed by atoms with van der Waals surface area (Å²) < 4.78 is 1.95. The molecule has 0 spiro atoms. The SMILES string of the molecule is CCn1cc(CN2CCCN(c3ncc([N+](=O)[O-])cc3C)CC2)cn1. The van der Waals surface area contributed by atoms with Crippen molar-refractivity contribution in [3.8, 4) is 0 Å². The van der Waals surface area contributed by atoms with Gasteiger partial charge in [0.25, 0.3) is 5.69 Å². The molecule has 8 nitrogen and oxygen atoms in total. The first-order valence-corrected chi connectivity index (χ1v) is 8.66. The van der Waals surface area contributed by atoms with Gasteiger partial charge in [0, 0.05) is 57.1 Å². The predicted molar refractivity (Wildman–Crippen MR) is 95.6 cm³/mol. The molecular formula is C17H24N6O2. The molecule has 8 heteroatoms. The van der Waals surface area contributed by atoms with Crippen molar-refractivity contribution < 1.29 is 4.92 Å². The fourth-order valence-corrected chi connectivity index (χ4v) is 3.24. The van der Waals surface area contributed by atoms with Crippen molar-refractivity contribution in [3.05, 3.63) is 45.9 Å². The minimum absolute atomic E-state index is 0.0469. The topological polar surface area (TPSA) is 80.3 Å². The highest BCUT2D eigenvalue weighted by Crippen LogP contribution is 2.23.